The van der Waals surface area contributed by atoms with Gasteiger partial charge in [-0.2, -0.15) is 18.2 Å². The molecule has 0 saturated carbocycles. The van der Waals surface area contributed by atoms with Crippen molar-refractivity contribution in [3.8, 4) is 11.4 Å². The number of benzene rings is 2. The molecule has 0 atom stereocenters. The molecule has 0 bridgehead atoms. The molecule has 27 heavy (non-hydrogen) atoms. The standard InChI is InChI=1S/C17H12ClF3N4OS/c18-13-4-2-1-3-12(13)15-24-14(26-25-15)9-22-16(27)23-11-7-5-10(6-8-11)17(19,20)21/h1-8H,9H2,(H2,22,23,27). The molecule has 0 aliphatic rings. The van der Waals surface area contributed by atoms with Crippen LogP contribution in [0.15, 0.2) is 53.1 Å². The summed E-state index contributed by atoms with van der Waals surface area (Å²) < 4.78 is 42.8. The number of thiocarbonyl (C=S) groups is 1. The highest BCUT2D eigenvalue weighted by Gasteiger charge is 2.29. The Kier molecular flexibility index (Phi) is 5.62. The van der Waals surface area contributed by atoms with Gasteiger partial charge in [0.2, 0.25) is 11.7 Å². The van der Waals surface area contributed by atoms with Gasteiger partial charge in [-0.25, -0.2) is 0 Å². The minimum atomic E-state index is -4.38. The summed E-state index contributed by atoms with van der Waals surface area (Å²) >= 11 is 11.2. The Balaban J connectivity index is 1.56. The van der Waals surface area contributed by atoms with Crippen LogP contribution < -0.4 is 10.6 Å². The lowest BCUT2D eigenvalue weighted by Gasteiger charge is -2.10. The number of nitrogens with one attached hydrogen (secondary N) is 2. The molecule has 0 saturated heterocycles. The lowest BCUT2D eigenvalue weighted by atomic mass is 10.2. The van der Waals surface area contributed by atoms with Crippen LogP contribution in [0.4, 0.5) is 18.9 Å². The predicted octanol–water partition coefficient (Wildman–Crippen LogP) is 4.90. The fourth-order valence-corrected chi connectivity index (χ4v) is 2.56. The van der Waals surface area contributed by atoms with Gasteiger partial charge in [-0.05, 0) is 48.6 Å². The molecule has 0 radical (unpaired) electrons. The van der Waals surface area contributed by atoms with Gasteiger partial charge >= 0.3 is 6.18 Å². The van der Waals surface area contributed by atoms with E-state index >= 15 is 0 Å². The third kappa shape index (κ3) is 4.95. The van der Waals surface area contributed by atoms with Crippen molar-refractivity contribution >= 4 is 34.6 Å². The van der Waals surface area contributed by atoms with Crippen LogP contribution in [-0.2, 0) is 12.7 Å². The Morgan fingerprint density at radius 2 is 1.81 bits per heavy atom. The fourth-order valence-electron chi connectivity index (χ4n) is 2.15. The van der Waals surface area contributed by atoms with Crippen LogP contribution in [0.25, 0.3) is 11.4 Å². The smallest absolute Gasteiger partial charge is 0.353 e. The van der Waals surface area contributed by atoms with Crippen LogP contribution >= 0.6 is 23.8 Å². The number of aromatic nitrogens is 2. The molecule has 0 aliphatic carbocycles. The van der Waals surface area contributed by atoms with Gasteiger partial charge in [-0.1, -0.05) is 28.9 Å². The van der Waals surface area contributed by atoms with Crippen molar-refractivity contribution < 1.29 is 17.7 Å². The van der Waals surface area contributed by atoms with Gasteiger partial charge < -0.3 is 15.2 Å². The monoisotopic (exact) mass is 412 g/mol. The van der Waals surface area contributed by atoms with Crippen molar-refractivity contribution in [3.63, 3.8) is 0 Å². The Bertz CT molecular complexity index is 944. The van der Waals surface area contributed by atoms with E-state index in [0.717, 1.165) is 12.1 Å². The van der Waals surface area contributed by atoms with Gasteiger partial charge in [0, 0.05) is 11.3 Å². The maximum atomic E-state index is 12.6. The maximum Gasteiger partial charge on any atom is 0.416 e. The first-order valence-corrected chi connectivity index (χ1v) is 8.41. The highest BCUT2D eigenvalue weighted by Crippen LogP contribution is 2.29. The minimum Gasteiger partial charge on any atom is -0.353 e. The molecule has 5 nitrogen and oxygen atoms in total. The lowest BCUT2D eigenvalue weighted by Crippen LogP contribution is -2.28. The van der Waals surface area contributed by atoms with E-state index in [1.807, 2.05) is 0 Å². The number of rotatable bonds is 4. The largest absolute Gasteiger partial charge is 0.416 e. The summed E-state index contributed by atoms with van der Waals surface area (Å²) in [6.45, 7) is 0.143. The van der Waals surface area contributed by atoms with Crippen LogP contribution in [0.3, 0.4) is 0 Å². The van der Waals surface area contributed by atoms with Gasteiger partial charge in [0.25, 0.3) is 0 Å². The first-order chi connectivity index (χ1) is 12.8. The zero-order chi connectivity index (χ0) is 19.4. The van der Waals surface area contributed by atoms with Crippen LogP contribution in [0.1, 0.15) is 11.5 Å². The molecule has 2 N–H and O–H groups in total. The summed E-state index contributed by atoms with van der Waals surface area (Å²) in [7, 11) is 0. The molecule has 0 unspecified atom stereocenters. The van der Waals surface area contributed by atoms with E-state index in [-0.39, 0.29) is 17.5 Å². The first kappa shape index (κ1) is 19.1. The van der Waals surface area contributed by atoms with E-state index < -0.39 is 11.7 Å². The van der Waals surface area contributed by atoms with Gasteiger partial charge in [0.05, 0.1) is 17.1 Å². The van der Waals surface area contributed by atoms with Crippen molar-refractivity contribution in [3.05, 3.63) is 65.0 Å². The highest BCUT2D eigenvalue weighted by molar-refractivity contribution is 7.80. The summed E-state index contributed by atoms with van der Waals surface area (Å²) in [5.41, 5.74) is 0.326. The first-order valence-electron chi connectivity index (χ1n) is 7.62. The number of anilines is 1. The summed E-state index contributed by atoms with van der Waals surface area (Å²) in [5, 5.41) is 10.2. The molecule has 140 valence electrons. The van der Waals surface area contributed by atoms with Crippen LogP contribution in [0, 0.1) is 0 Å². The van der Waals surface area contributed by atoms with Crippen LogP contribution in [0.5, 0.6) is 0 Å². The van der Waals surface area contributed by atoms with Crippen molar-refractivity contribution in [2.24, 2.45) is 0 Å². The number of hydrogen-bond donors (Lipinski definition) is 2. The quantitative estimate of drug-likeness (QED) is 0.594. The second-order valence-electron chi connectivity index (χ2n) is 5.37. The van der Waals surface area contributed by atoms with Crippen LogP contribution in [-0.4, -0.2) is 15.3 Å². The van der Waals surface area contributed by atoms with Gasteiger partial charge in [0.1, 0.15) is 0 Å². The number of halogens is 4. The third-order valence-corrected chi connectivity index (χ3v) is 4.03. The second-order valence-corrected chi connectivity index (χ2v) is 6.19. The molecular formula is C17H12ClF3N4OS. The molecule has 1 aromatic heterocycles. The Hall–Kier alpha value is -2.65. The third-order valence-electron chi connectivity index (χ3n) is 3.45. The maximum absolute atomic E-state index is 12.6. The molecule has 0 spiro atoms. The molecule has 1 heterocycles. The summed E-state index contributed by atoms with van der Waals surface area (Å²) in [5.74, 6) is 0.625. The van der Waals surface area contributed by atoms with Crippen molar-refractivity contribution in [1.82, 2.24) is 15.5 Å². The molecule has 0 amide bonds. The fraction of sp³-hybridized carbons (Fsp3) is 0.118. The van der Waals surface area contributed by atoms with E-state index in [2.05, 4.69) is 20.8 Å². The van der Waals surface area contributed by atoms with Crippen molar-refractivity contribution in [2.45, 2.75) is 12.7 Å². The molecule has 2 aromatic carbocycles. The Morgan fingerprint density at radius 1 is 1.11 bits per heavy atom. The van der Waals surface area contributed by atoms with E-state index in [1.165, 1.54) is 12.1 Å². The van der Waals surface area contributed by atoms with E-state index in [1.54, 1.807) is 24.3 Å². The van der Waals surface area contributed by atoms with Crippen LogP contribution in [0.2, 0.25) is 5.02 Å². The van der Waals surface area contributed by atoms with E-state index in [0.29, 0.717) is 22.1 Å². The average molecular weight is 413 g/mol. The minimum absolute atomic E-state index is 0.143. The van der Waals surface area contributed by atoms with E-state index in [4.69, 9.17) is 28.3 Å². The highest BCUT2D eigenvalue weighted by atomic mass is 35.5. The van der Waals surface area contributed by atoms with Crippen molar-refractivity contribution in [2.75, 3.05) is 5.32 Å². The Morgan fingerprint density at radius 3 is 2.48 bits per heavy atom. The summed E-state index contributed by atoms with van der Waals surface area (Å²) in [4.78, 5) is 4.22. The van der Waals surface area contributed by atoms with Gasteiger partial charge in [-0.3, -0.25) is 0 Å². The summed E-state index contributed by atoms with van der Waals surface area (Å²) in [6, 6.07) is 11.6. The zero-order valence-corrected chi connectivity index (χ0v) is 15.1. The summed E-state index contributed by atoms with van der Waals surface area (Å²) in [6.07, 6.45) is -4.38. The number of hydrogen-bond acceptors (Lipinski definition) is 4. The number of alkyl halides is 3. The lowest BCUT2D eigenvalue weighted by molar-refractivity contribution is -0.137. The van der Waals surface area contributed by atoms with Gasteiger partial charge in [-0.15, -0.1) is 0 Å². The van der Waals surface area contributed by atoms with E-state index in [9.17, 15) is 13.2 Å². The molecule has 0 aliphatic heterocycles. The molecule has 3 rings (SSSR count). The zero-order valence-electron chi connectivity index (χ0n) is 13.5. The second kappa shape index (κ2) is 7.93. The van der Waals surface area contributed by atoms with Crippen molar-refractivity contribution in [1.29, 1.82) is 0 Å². The molecule has 3 aromatic rings. The Labute approximate surface area is 162 Å². The normalized spacial score (nSPS) is 11.3. The molecular weight excluding hydrogens is 401 g/mol. The molecule has 0 fully saturated rings. The van der Waals surface area contributed by atoms with Gasteiger partial charge in [0.15, 0.2) is 5.11 Å². The predicted molar refractivity (Wildman–Crippen MR) is 99.2 cm³/mol. The number of nitrogens with zero attached hydrogens (tertiary/aromatic N) is 2. The molecule has 10 heteroatoms. The topological polar surface area (TPSA) is 63.0 Å². The SMILES string of the molecule is FC(F)(F)c1ccc(NC(=S)NCc2nc(-c3ccccc3Cl)no2)cc1. The average Bonchev–Trinajstić information content (AvgIpc) is 3.09.